The number of carbonyl (C=O) groups is 2. The lowest BCUT2D eigenvalue weighted by Gasteiger charge is -2.13. The second kappa shape index (κ2) is 8.06. The summed E-state index contributed by atoms with van der Waals surface area (Å²) in [6.07, 6.45) is -0.677. The summed E-state index contributed by atoms with van der Waals surface area (Å²) in [7, 11) is -8.88. The van der Waals surface area contributed by atoms with Crippen molar-refractivity contribution in [2.75, 3.05) is 10.5 Å². The van der Waals surface area contributed by atoms with E-state index in [1.165, 1.54) is 18.2 Å². The molecule has 6 N–H and O–H groups in total. The number of nitrogens with two attached hydrogens (primary N) is 1. The summed E-state index contributed by atoms with van der Waals surface area (Å²) in [5.74, 6) is -4.05. The summed E-state index contributed by atoms with van der Waals surface area (Å²) in [5.41, 5.74) is 5.08. The summed E-state index contributed by atoms with van der Waals surface area (Å²) < 4.78 is 58.7. The number of nitrogens with one attached hydrogen (secondary N) is 1. The topological polar surface area (TPSA) is 201 Å². The van der Waals surface area contributed by atoms with E-state index in [1.54, 1.807) is 0 Å². The number of rotatable bonds is 8. The molecule has 156 valence electrons. The second-order valence-corrected chi connectivity index (χ2v) is 8.96. The highest BCUT2D eigenvalue weighted by Gasteiger charge is 2.24. The summed E-state index contributed by atoms with van der Waals surface area (Å²) in [5, 5.41) is 17.9. The van der Waals surface area contributed by atoms with Crippen LogP contribution in [-0.2, 0) is 29.7 Å². The highest BCUT2D eigenvalue weighted by atomic mass is 32.2. The van der Waals surface area contributed by atoms with Gasteiger partial charge in [0.05, 0.1) is 28.6 Å². The van der Waals surface area contributed by atoms with E-state index in [1.807, 2.05) is 0 Å². The minimum atomic E-state index is -4.67. The smallest absolute Gasteiger partial charge is 0.311 e. The fourth-order valence-corrected chi connectivity index (χ4v) is 4.13. The van der Waals surface area contributed by atoms with E-state index >= 15 is 0 Å². The van der Waals surface area contributed by atoms with Crippen LogP contribution in [0.4, 0.5) is 11.4 Å². The van der Waals surface area contributed by atoms with Crippen LogP contribution in [0, 0.1) is 0 Å². The quantitative estimate of drug-likeness (QED) is 0.288. The van der Waals surface area contributed by atoms with E-state index in [0.717, 1.165) is 24.3 Å². The van der Waals surface area contributed by atoms with Gasteiger partial charge in [-0.3, -0.25) is 18.9 Å². The van der Waals surface area contributed by atoms with Gasteiger partial charge in [0.15, 0.2) is 0 Å². The van der Waals surface area contributed by atoms with Crippen molar-refractivity contribution in [3.63, 3.8) is 0 Å². The number of carboxylic acid groups (broad SMARTS) is 2. The molecule has 0 heterocycles. The van der Waals surface area contributed by atoms with Gasteiger partial charge in [-0.25, -0.2) is 8.42 Å². The molecular formula is C16H16N2O9S2. The number of benzene rings is 2. The van der Waals surface area contributed by atoms with Crippen molar-refractivity contribution in [2.24, 2.45) is 0 Å². The number of carboxylic acids is 2. The molecule has 0 aliphatic heterocycles. The third-order valence-corrected chi connectivity index (χ3v) is 6.12. The lowest BCUT2D eigenvalue weighted by molar-refractivity contribution is -0.145. The fourth-order valence-electron chi connectivity index (χ4n) is 2.44. The first-order chi connectivity index (χ1) is 13.3. The van der Waals surface area contributed by atoms with Crippen LogP contribution in [0.1, 0.15) is 17.9 Å². The Kier molecular flexibility index (Phi) is 6.15. The molecule has 0 aliphatic carbocycles. The van der Waals surface area contributed by atoms with Crippen LogP contribution in [-0.4, -0.2) is 43.5 Å². The Morgan fingerprint density at radius 3 is 2.07 bits per heavy atom. The molecule has 13 heteroatoms. The van der Waals surface area contributed by atoms with Gasteiger partial charge in [0.1, 0.15) is 4.90 Å². The van der Waals surface area contributed by atoms with Gasteiger partial charge in [-0.1, -0.05) is 12.1 Å². The highest BCUT2D eigenvalue weighted by Crippen LogP contribution is 2.26. The number of nitrogen functional groups attached to an aromatic ring is 1. The Labute approximate surface area is 165 Å². The molecule has 0 spiro atoms. The van der Waals surface area contributed by atoms with E-state index in [0.29, 0.717) is 0 Å². The molecule has 2 aromatic rings. The first kappa shape index (κ1) is 22.1. The molecular weight excluding hydrogens is 428 g/mol. The molecule has 0 saturated carbocycles. The van der Waals surface area contributed by atoms with Gasteiger partial charge in [-0.2, -0.15) is 8.42 Å². The lowest BCUT2D eigenvalue weighted by Crippen LogP contribution is -2.17. The second-order valence-electron chi connectivity index (χ2n) is 5.89. The van der Waals surface area contributed by atoms with E-state index in [-0.39, 0.29) is 21.8 Å². The van der Waals surface area contributed by atoms with Crippen molar-refractivity contribution in [3.8, 4) is 0 Å². The molecule has 11 nitrogen and oxygen atoms in total. The van der Waals surface area contributed by atoms with Gasteiger partial charge < -0.3 is 15.9 Å². The molecule has 0 radical (unpaired) electrons. The van der Waals surface area contributed by atoms with E-state index < -0.39 is 49.3 Å². The zero-order chi connectivity index (χ0) is 22.0. The van der Waals surface area contributed by atoms with Gasteiger partial charge in [0.2, 0.25) is 0 Å². The van der Waals surface area contributed by atoms with Crippen molar-refractivity contribution < 1.29 is 41.2 Å². The monoisotopic (exact) mass is 444 g/mol. The van der Waals surface area contributed by atoms with Gasteiger partial charge in [-0.15, -0.1) is 0 Å². The number of hydrogen-bond acceptors (Lipinski definition) is 7. The SMILES string of the molecule is Nc1ccc(NS(=O)(=O)c2ccc(C(CC(=O)O)C(=O)O)cc2)cc1S(=O)(=O)O. The third-order valence-electron chi connectivity index (χ3n) is 3.81. The molecule has 1 atom stereocenters. The fraction of sp³-hybridized carbons (Fsp3) is 0.125. The zero-order valence-electron chi connectivity index (χ0n) is 14.5. The molecule has 0 aliphatic rings. The van der Waals surface area contributed by atoms with Crippen LogP contribution in [0.5, 0.6) is 0 Å². The number of aliphatic carboxylic acids is 2. The molecule has 0 aromatic heterocycles. The Morgan fingerprint density at radius 1 is 1.00 bits per heavy atom. The summed E-state index contributed by atoms with van der Waals surface area (Å²) in [6.45, 7) is 0. The normalized spacial score (nSPS) is 12.9. The Balaban J connectivity index is 2.33. The van der Waals surface area contributed by atoms with Crippen molar-refractivity contribution in [2.45, 2.75) is 22.1 Å². The first-order valence-corrected chi connectivity index (χ1v) is 10.7. The molecule has 0 saturated heterocycles. The number of sulfonamides is 1. The lowest BCUT2D eigenvalue weighted by atomic mass is 9.96. The van der Waals surface area contributed by atoms with Crippen LogP contribution in [0.25, 0.3) is 0 Å². The van der Waals surface area contributed by atoms with E-state index in [4.69, 9.17) is 20.5 Å². The van der Waals surface area contributed by atoms with Gasteiger partial charge >= 0.3 is 11.9 Å². The van der Waals surface area contributed by atoms with E-state index in [2.05, 4.69) is 4.72 Å². The molecule has 0 fully saturated rings. The van der Waals surface area contributed by atoms with Crippen molar-refractivity contribution in [1.82, 2.24) is 0 Å². The van der Waals surface area contributed by atoms with Crippen LogP contribution in [0.15, 0.2) is 52.3 Å². The maximum Gasteiger partial charge on any atom is 0.311 e. The number of hydrogen-bond donors (Lipinski definition) is 5. The van der Waals surface area contributed by atoms with Crippen LogP contribution in [0.3, 0.4) is 0 Å². The molecule has 1 unspecified atom stereocenters. The van der Waals surface area contributed by atoms with Crippen molar-refractivity contribution >= 4 is 43.5 Å². The highest BCUT2D eigenvalue weighted by molar-refractivity contribution is 7.92. The summed E-state index contributed by atoms with van der Waals surface area (Å²) in [4.78, 5) is 21.1. The third kappa shape index (κ3) is 5.43. The molecule has 0 bridgehead atoms. The Morgan fingerprint density at radius 2 is 1.59 bits per heavy atom. The van der Waals surface area contributed by atoms with Crippen molar-refractivity contribution in [1.29, 1.82) is 0 Å². The summed E-state index contributed by atoms with van der Waals surface area (Å²) >= 11 is 0. The molecule has 0 amide bonds. The van der Waals surface area contributed by atoms with Gasteiger partial charge in [0, 0.05) is 0 Å². The average molecular weight is 444 g/mol. The standard InChI is InChI=1S/C16H16N2O9S2/c17-13-6-3-10(7-14(13)29(25,26)27)18-28(23,24)11-4-1-9(2-5-11)12(16(21)22)8-15(19)20/h1-7,12,18H,8,17H2,(H,19,20)(H,21,22)(H,25,26,27). The maximum atomic E-state index is 12.5. The van der Waals surface area contributed by atoms with Gasteiger partial charge in [0.25, 0.3) is 20.1 Å². The largest absolute Gasteiger partial charge is 0.481 e. The minimum Gasteiger partial charge on any atom is -0.481 e. The summed E-state index contributed by atoms with van der Waals surface area (Å²) in [6, 6.07) is 7.61. The van der Waals surface area contributed by atoms with Crippen molar-refractivity contribution in [3.05, 3.63) is 48.0 Å². The van der Waals surface area contributed by atoms with Gasteiger partial charge in [-0.05, 0) is 35.9 Å². The van der Waals surface area contributed by atoms with Crippen LogP contribution >= 0.6 is 0 Å². The molecule has 2 rings (SSSR count). The average Bonchev–Trinajstić information content (AvgIpc) is 2.60. The molecule has 2 aromatic carbocycles. The number of anilines is 2. The Bertz CT molecular complexity index is 1160. The minimum absolute atomic E-state index is 0.0972. The maximum absolute atomic E-state index is 12.5. The van der Waals surface area contributed by atoms with E-state index in [9.17, 15) is 26.4 Å². The predicted octanol–water partition coefficient (Wildman–Crippen LogP) is 0.959. The Hall–Kier alpha value is -3.16. The molecule has 29 heavy (non-hydrogen) atoms. The first-order valence-electron chi connectivity index (χ1n) is 7.75. The predicted molar refractivity (Wildman–Crippen MR) is 101 cm³/mol. The van der Waals surface area contributed by atoms with Crippen LogP contribution < -0.4 is 10.5 Å². The zero-order valence-corrected chi connectivity index (χ0v) is 16.1. The van der Waals surface area contributed by atoms with Crippen LogP contribution in [0.2, 0.25) is 0 Å².